The van der Waals surface area contributed by atoms with Crippen LogP contribution in [0.15, 0.2) is 54.6 Å². The quantitative estimate of drug-likeness (QED) is 0.772. The van der Waals surface area contributed by atoms with Crippen molar-refractivity contribution in [1.29, 1.82) is 0 Å². The van der Waals surface area contributed by atoms with Crippen LogP contribution >= 0.6 is 11.8 Å². The lowest BCUT2D eigenvalue weighted by atomic mass is 10.1. The van der Waals surface area contributed by atoms with Crippen LogP contribution in [0.25, 0.3) is 0 Å². The number of thioether (sulfide) groups is 1. The molecule has 0 aromatic heterocycles. The Morgan fingerprint density at radius 2 is 1.79 bits per heavy atom. The van der Waals surface area contributed by atoms with E-state index in [1.54, 1.807) is 41.3 Å². The Kier molecular flexibility index (Phi) is 6.68. The van der Waals surface area contributed by atoms with Crippen LogP contribution < -0.4 is 10.1 Å². The molecule has 0 spiro atoms. The fraction of sp³-hybridized carbons (Fsp3) is 0.300. The maximum absolute atomic E-state index is 12.6. The SMILES string of the molecule is O=C(NCc1ccc(OCC(F)(F)F)cc1)[C@H]1CSCN1C(=O)c1ccccc1. The summed E-state index contributed by atoms with van der Waals surface area (Å²) in [6.45, 7) is -1.15. The van der Waals surface area contributed by atoms with Crippen LogP contribution in [-0.2, 0) is 11.3 Å². The zero-order chi connectivity index (χ0) is 20.9. The molecule has 0 aliphatic carbocycles. The van der Waals surface area contributed by atoms with E-state index in [9.17, 15) is 22.8 Å². The van der Waals surface area contributed by atoms with Crippen LogP contribution in [0.2, 0.25) is 0 Å². The van der Waals surface area contributed by atoms with Crippen LogP contribution in [0.4, 0.5) is 13.2 Å². The van der Waals surface area contributed by atoms with E-state index in [2.05, 4.69) is 10.1 Å². The van der Waals surface area contributed by atoms with Gasteiger partial charge >= 0.3 is 6.18 Å². The lowest BCUT2D eigenvalue weighted by molar-refractivity contribution is -0.153. The van der Waals surface area contributed by atoms with E-state index in [0.29, 0.717) is 22.8 Å². The second-order valence-electron chi connectivity index (χ2n) is 6.42. The van der Waals surface area contributed by atoms with Gasteiger partial charge in [0.1, 0.15) is 11.8 Å². The number of nitrogens with zero attached hydrogens (tertiary/aromatic N) is 1. The van der Waals surface area contributed by atoms with Gasteiger partial charge in [0.05, 0.1) is 5.88 Å². The molecule has 1 N–H and O–H groups in total. The summed E-state index contributed by atoms with van der Waals surface area (Å²) in [6.07, 6.45) is -4.39. The maximum Gasteiger partial charge on any atom is 0.422 e. The largest absolute Gasteiger partial charge is 0.484 e. The summed E-state index contributed by atoms with van der Waals surface area (Å²) in [7, 11) is 0. The van der Waals surface area contributed by atoms with E-state index in [0.717, 1.165) is 0 Å². The van der Waals surface area contributed by atoms with Gasteiger partial charge in [0, 0.05) is 17.9 Å². The first-order valence-corrected chi connectivity index (χ1v) is 9.99. The molecule has 1 saturated heterocycles. The molecule has 0 radical (unpaired) electrons. The highest BCUT2D eigenvalue weighted by atomic mass is 32.2. The Balaban J connectivity index is 1.54. The minimum absolute atomic E-state index is 0.101. The topological polar surface area (TPSA) is 58.6 Å². The van der Waals surface area contributed by atoms with Gasteiger partial charge < -0.3 is 15.0 Å². The molecule has 29 heavy (non-hydrogen) atoms. The second kappa shape index (κ2) is 9.21. The molecule has 1 aliphatic rings. The van der Waals surface area contributed by atoms with Gasteiger partial charge in [-0.2, -0.15) is 13.2 Å². The van der Waals surface area contributed by atoms with Gasteiger partial charge in [-0.15, -0.1) is 11.8 Å². The number of alkyl halides is 3. The normalized spacial score (nSPS) is 16.5. The summed E-state index contributed by atoms with van der Waals surface area (Å²) < 4.78 is 41.2. The summed E-state index contributed by atoms with van der Waals surface area (Å²) in [5, 5.41) is 2.79. The van der Waals surface area contributed by atoms with Crippen molar-refractivity contribution in [2.75, 3.05) is 18.2 Å². The van der Waals surface area contributed by atoms with E-state index in [-0.39, 0.29) is 24.1 Å². The van der Waals surface area contributed by atoms with Crippen molar-refractivity contribution in [3.05, 3.63) is 65.7 Å². The predicted molar refractivity (Wildman–Crippen MR) is 104 cm³/mol. The molecular formula is C20H19F3N2O3S. The first-order chi connectivity index (χ1) is 13.8. The molecule has 0 unspecified atom stereocenters. The van der Waals surface area contributed by atoms with Crippen molar-refractivity contribution < 1.29 is 27.5 Å². The van der Waals surface area contributed by atoms with Gasteiger partial charge in [-0.25, -0.2) is 0 Å². The van der Waals surface area contributed by atoms with Gasteiger partial charge in [-0.05, 0) is 29.8 Å². The lowest BCUT2D eigenvalue weighted by Crippen LogP contribution is -2.47. The van der Waals surface area contributed by atoms with E-state index in [4.69, 9.17) is 0 Å². The van der Waals surface area contributed by atoms with Crippen molar-refractivity contribution >= 4 is 23.6 Å². The monoisotopic (exact) mass is 424 g/mol. The fourth-order valence-electron chi connectivity index (χ4n) is 2.78. The van der Waals surface area contributed by atoms with Crippen molar-refractivity contribution in [2.45, 2.75) is 18.8 Å². The van der Waals surface area contributed by atoms with E-state index >= 15 is 0 Å². The van der Waals surface area contributed by atoms with Crippen LogP contribution in [0.1, 0.15) is 15.9 Å². The Labute approximate surface area is 170 Å². The second-order valence-corrected chi connectivity index (χ2v) is 7.42. The standard InChI is InChI=1S/C20H19F3N2O3S/c21-20(22,23)12-28-16-8-6-14(7-9-16)10-24-18(26)17-11-29-13-25(17)19(27)15-4-2-1-3-5-15/h1-9,17H,10-13H2,(H,24,26)/t17-/m1/s1. The van der Waals surface area contributed by atoms with Gasteiger partial charge in [-0.1, -0.05) is 30.3 Å². The predicted octanol–water partition coefficient (Wildman–Crippen LogP) is 3.46. The summed E-state index contributed by atoms with van der Waals surface area (Å²) in [5.41, 5.74) is 1.24. The summed E-state index contributed by atoms with van der Waals surface area (Å²) in [5.74, 6) is 0.592. The third-order valence-corrected chi connectivity index (χ3v) is 5.27. The first-order valence-electron chi connectivity index (χ1n) is 8.83. The van der Waals surface area contributed by atoms with Gasteiger partial charge in [0.15, 0.2) is 6.61 Å². The first kappa shape index (κ1) is 21.0. The molecule has 9 heteroatoms. The van der Waals surface area contributed by atoms with Crippen molar-refractivity contribution in [2.24, 2.45) is 0 Å². The number of benzene rings is 2. The van der Waals surface area contributed by atoms with E-state index in [1.165, 1.54) is 23.9 Å². The molecule has 0 saturated carbocycles. The molecule has 1 fully saturated rings. The third-order valence-electron chi connectivity index (χ3n) is 4.26. The number of halogens is 3. The molecule has 2 aromatic carbocycles. The van der Waals surface area contributed by atoms with Crippen LogP contribution in [-0.4, -0.2) is 47.2 Å². The number of amides is 2. The Morgan fingerprint density at radius 3 is 2.45 bits per heavy atom. The minimum Gasteiger partial charge on any atom is -0.484 e. The van der Waals surface area contributed by atoms with Crippen molar-refractivity contribution in [1.82, 2.24) is 10.2 Å². The average molecular weight is 424 g/mol. The minimum atomic E-state index is -4.39. The molecule has 1 aliphatic heterocycles. The van der Waals surface area contributed by atoms with Gasteiger partial charge in [0.25, 0.3) is 5.91 Å². The number of carbonyl (C=O) groups is 2. The zero-order valence-electron chi connectivity index (χ0n) is 15.3. The Bertz CT molecular complexity index is 844. The Hall–Kier alpha value is -2.68. The third kappa shape index (κ3) is 5.90. The molecule has 0 bridgehead atoms. The smallest absolute Gasteiger partial charge is 0.422 e. The van der Waals surface area contributed by atoms with Crippen molar-refractivity contribution in [3.63, 3.8) is 0 Å². The molecule has 1 heterocycles. The van der Waals surface area contributed by atoms with Crippen LogP contribution in [0.3, 0.4) is 0 Å². The maximum atomic E-state index is 12.6. The number of ether oxygens (including phenoxy) is 1. The Morgan fingerprint density at radius 1 is 1.10 bits per heavy atom. The molecule has 3 rings (SSSR count). The number of carbonyl (C=O) groups excluding carboxylic acids is 2. The number of nitrogens with one attached hydrogen (secondary N) is 1. The lowest BCUT2D eigenvalue weighted by Gasteiger charge is -2.23. The fourth-order valence-corrected chi connectivity index (χ4v) is 3.94. The molecule has 1 atom stereocenters. The molecule has 5 nitrogen and oxygen atoms in total. The van der Waals surface area contributed by atoms with Crippen molar-refractivity contribution in [3.8, 4) is 5.75 Å². The number of rotatable bonds is 6. The molecular weight excluding hydrogens is 405 g/mol. The van der Waals surface area contributed by atoms with E-state index < -0.39 is 18.8 Å². The number of hydrogen-bond acceptors (Lipinski definition) is 4. The van der Waals surface area contributed by atoms with Crippen LogP contribution in [0, 0.1) is 0 Å². The molecule has 154 valence electrons. The highest BCUT2D eigenvalue weighted by Gasteiger charge is 2.35. The molecule has 2 aromatic rings. The van der Waals surface area contributed by atoms with Gasteiger partial charge in [-0.3, -0.25) is 9.59 Å². The van der Waals surface area contributed by atoms with E-state index in [1.807, 2.05) is 6.07 Å². The zero-order valence-corrected chi connectivity index (χ0v) is 16.1. The highest BCUT2D eigenvalue weighted by Crippen LogP contribution is 2.24. The highest BCUT2D eigenvalue weighted by molar-refractivity contribution is 7.99. The molecule has 2 amide bonds. The van der Waals surface area contributed by atoms with Crippen LogP contribution in [0.5, 0.6) is 5.75 Å². The average Bonchev–Trinajstić information content (AvgIpc) is 3.21. The summed E-state index contributed by atoms with van der Waals surface area (Å²) >= 11 is 1.51. The number of hydrogen-bond donors (Lipinski definition) is 1. The summed E-state index contributed by atoms with van der Waals surface area (Å²) in [4.78, 5) is 26.8. The summed E-state index contributed by atoms with van der Waals surface area (Å²) in [6, 6.07) is 14.2. The van der Waals surface area contributed by atoms with Gasteiger partial charge in [0.2, 0.25) is 5.91 Å².